The molecule has 0 atom stereocenters. The molecule has 498 valence electrons. The molecule has 0 N–H and O–H groups in total. The van der Waals surface area contributed by atoms with Crippen molar-refractivity contribution >= 4 is 45.5 Å². The van der Waals surface area contributed by atoms with E-state index < -0.39 is 0 Å². The molecule has 21 heteroatoms. The van der Waals surface area contributed by atoms with E-state index in [-0.39, 0.29) is 0 Å². The van der Waals surface area contributed by atoms with Gasteiger partial charge in [-0.15, -0.1) is 44.2 Å². The number of oxazole rings is 3. The highest BCUT2D eigenvalue weighted by Crippen LogP contribution is 2.19. The van der Waals surface area contributed by atoms with Gasteiger partial charge < -0.3 is 22.2 Å². The second-order valence-electron chi connectivity index (χ2n) is 19.3. The quantitative estimate of drug-likeness (QED) is 0.131. The van der Waals surface area contributed by atoms with Crippen molar-refractivity contribution in [1.29, 1.82) is 0 Å². The fourth-order valence-corrected chi connectivity index (χ4v) is 7.37. The van der Waals surface area contributed by atoms with Crippen LogP contribution >= 0.6 is 45.5 Å². The standard InChI is InChI=1S/2C6H10N2O.C6H10N2S.3C6H9NO.3C6H9NS.6C2H6/c1-4(2)6-8-7-5(3)9-6;2*1-4(2)6-7-5(3)8-9-6;1-5(2)6-3-8-4-7-6;1-5(2)6-3-7-4-8-6;1-5(2)6-7-3-4-8-6;1-5(2)6-3-8-4-7-6;1-5(2)6-3-7-4-8-6;1-5(2)6-7-3-4-8-6;6*1-2/h3*4H,1-3H3;6*3-5H,1-2H3;6*1-2H3. The number of thiazole rings is 3. The van der Waals surface area contributed by atoms with Crippen LogP contribution in [0.1, 0.15) is 328 Å². The summed E-state index contributed by atoms with van der Waals surface area (Å²) >= 11 is 6.59. The van der Waals surface area contributed by atoms with Crippen molar-refractivity contribution in [1.82, 2.24) is 59.6 Å². The van der Waals surface area contributed by atoms with Crippen molar-refractivity contribution in [3.05, 3.63) is 139 Å². The third kappa shape index (κ3) is 50.0. The van der Waals surface area contributed by atoms with Crippen LogP contribution in [0.3, 0.4) is 0 Å². The molecule has 87 heavy (non-hydrogen) atoms. The van der Waals surface area contributed by atoms with Gasteiger partial charge >= 0.3 is 0 Å². The average Bonchev–Trinajstić information content (AvgIpc) is 4.47. The van der Waals surface area contributed by atoms with Gasteiger partial charge in [0.2, 0.25) is 17.7 Å². The van der Waals surface area contributed by atoms with Crippen molar-refractivity contribution in [3.63, 3.8) is 0 Å². The maximum absolute atomic E-state index is 5.12. The smallest absolute Gasteiger partial charge is 0.229 e. The Labute approximate surface area is 545 Å². The lowest BCUT2D eigenvalue weighted by atomic mass is 10.2. The maximum atomic E-state index is 5.12. The van der Waals surface area contributed by atoms with E-state index in [0.717, 1.165) is 28.2 Å². The molecule has 9 heterocycles. The first-order valence-electron chi connectivity index (χ1n) is 31.1. The maximum Gasteiger partial charge on any atom is 0.229 e. The molecule has 17 nitrogen and oxygen atoms in total. The average molecular weight is 1290 g/mol. The van der Waals surface area contributed by atoms with Gasteiger partial charge in [-0.25, -0.2) is 29.9 Å². The van der Waals surface area contributed by atoms with Crippen LogP contribution in [0.2, 0.25) is 0 Å². The monoisotopic (exact) mass is 1290 g/mol. The number of nitrogens with zero attached hydrogens (tertiary/aromatic N) is 12. The molecule has 0 radical (unpaired) electrons. The van der Waals surface area contributed by atoms with Gasteiger partial charge in [0.15, 0.2) is 24.5 Å². The van der Waals surface area contributed by atoms with Crippen LogP contribution < -0.4 is 0 Å². The lowest BCUT2D eigenvalue weighted by Gasteiger charge is -1.94. The molecule has 0 saturated heterocycles. The first kappa shape index (κ1) is 92.5. The van der Waals surface area contributed by atoms with E-state index in [1.54, 1.807) is 65.9 Å². The molecule has 0 saturated carbocycles. The van der Waals surface area contributed by atoms with Gasteiger partial charge in [-0.1, -0.05) is 213 Å². The predicted octanol–water partition coefficient (Wildman–Crippen LogP) is 23.3. The van der Waals surface area contributed by atoms with Crippen LogP contribution in [0.15, 0.2) is 94.1 Å². The first-order chi connectivity index (χ1) is 41.4. The van der Waals surface area contributed by atoms with Gasteiger partial charge in [-0.05, 0) is 43.1 Å². The van der Waals surface area contributed by atoms with Gasteiger partial charge in [0.05, 0.1) is 39.8 Å². The molecule has 0 amide bonds. The Morgan fingerprint density at radius 2 is 1.02 bits per heavy atom. The van der Waals surface area contributed by atoms with Gasteiger partial charge in [-0.2, -0.15) is 9.36 Å². The van der Waals surface area contributed by atoms with Crippen LogP contribution in [-0.2, 0) is 0 Å². The molecule has 9 aromatic heterocycles. The lowest BCUT2D eigenvalue weighted by Crippen LogP contribution is -1.85. The highest BCUT2D eigenvalue weighted by molar-refractivity contribution is 7.10. The highest BCUT2D eigenvalue weighted by Gasteiger charge is 2.07. The fraction of sp³-hybridized carbons (Fsp3) is 0.636. The van der Waals surface area contributed by atoms with Crippen LogP contribution in [0.5, 0.6) is 0 Å². The second kappa shape index (κ2) is 62.0. The van der Waals surface area contributed by atoms with Crippen molar-refractivity contribution in [2.24, 2.45) is 0 Å². The Balaban J connectivity index is -0.000000207. The summed E-state index contributed by atoms with van der Waals surface area (Å²) in [6.07, 6.45) is 13.3. The molecular weight excluding hydrogens is 1170 g/mol. The van der Waals surface area contributed by atoms with E-state index in [4.69, 9.17) is 22.2 Å². The number of rotatable bonds is 9. The van der Waals surface area contributed by atoms with E-state index in [2.05, 4.69) is 148 Å². The number of aryl methyl sites for hydroxylation is 3. The zero-order valence-electron chi connectivity index (χ0n) is 60.2. The molecule has 0 fully saturated rings. The molecule has 0 bridgehead atoms. The Bertz CT molecular complexity index is 2200. The summed E-state index contributed by atoms with van der Waals surface area (Å²) in [6, 6.07) is 0. The molecule has 0 spiro atoms. The van der Waals surface area contributed by atoms with Crippen molar-refractivity contribution in [2.75, 3.05) is 0 Å². The molecular formula is C66H120N12O5S4. The van der Waals surface area contributed by atoms with Crippen LogP contribution in [0.25, 0.3) is 0 Å². The fourth-order valence-electron chi connectivity index (χ4n) is 4.72. The third-order valence-corrected chi connectivity index (χ3v) is 13.0. The zero-order chi connectivity index (χ0) is 68.5. The molecule has 0 aliphatic rings. The van der Waals surface area contributed by atoms with E-state index in [9.17, 15) is 0 Å². The summed E-state index contributed by atoms with van der Waals surface area (Å²) in [7, 11) is 0. The lowest BCUT2D eigenvalue weighted by molar-refractivity contribution is 0.362. The van der Waals surface area contributed by atoms with E-state index in [0.29, 0.717) is 76.8 Å². The SMILES string of the molecule is CC.CC.CC.CC.CC.CC.CC(C)c1cnco1.CC(C)c1cncs1.CC(C)c1cocn1.CC(C)c1cscn1.CC(C)c1ncco1.CC(C)c1nccs1.Cc1nnc(C(C)C)o1.Cc1noc(C(C)C)n1.Cc1nsc(C(C)C)n1. The van der Waals surface area contributed by atoms with Gasteiger partial charge in [0.25, 0.3) is 0 Å². The summed E-state index contributed by atoms with van der Waals surface area (Å²) in [5.74, 6) is 9.79. The summed E-state index contributed by atoms with van der Waals surface area (Å²) in [5, 5.41) is 17.6. The second-order valence-corrected chi connectivity index (χ2v) is 22.6. The number of hydrogen-bond acceptors (Lipinski definition) is 21. The molecule has 0 aliphatic heterocycles. The third-order valence-electron chi connectivity index (χ3n) is 9.13. The van der Waals surface area contributed by atoms with E-state index >= 15 is 0 Å². The van der Waals surface area contributed by atoms with Crippen LogP contribution in [0, 0.1) is 20.8 Å². The summed E-state index contributed by atoms with van der Waals surface area (Å²) in [4.78, 5) is 33.5. The summed E-state index contributed by atoms with van der Waals surface area (Å²) in [5.41, 5.74) is 5.96. The summed E-state index contributed by atoms with van der Waals surface area (Å²) < 4.78 is 28.8. The Morgan fingerprint density at radius 3 is 1.23 bits per heavy atom. The summed E-state index contributed by atoms with van der Waals surface area (Å²) in [6.45, 7) is 67.2. The molecule has 0 unspecified atom stereocenters. The van der Waals surface area contributed by atoms with Crippen molar-refractivity contribution in [2.45, 2.75) is 282 Å². The number of aromatic nitrogens is 12. The number of hydrogen-bond donors (Lipinski definition) is 0. The Hall–Kier alpha value is -5.64. The molecule has 9 rings (SSSR count). The van der Waals surface area contributed by atoms with Gasteiger partial charge in [-0.3, -0.25) is 4.98 Å². The zero-order valence-corrected chi connectivity index (χ0v) is 63.4. The van der Waals surface area contributed by atoms with E-state index in [1.165, 1.54) is 39.9 Å². The Kier molecular flexibility index (Phi) is 65.9. The molecule has 0 aliphatic carbocycles. The minimum atomic E-state index is 0.339. The van der Waals surface area contributed by atoms with Crippen molar-refractivity contribution < 1.29 is 22.2 Å². The van der Waals surface area contributed by atoms with Crippen molar-refractivity contribution in [3.8, 4) is 0 Å². The first-order valence-corrected chi connectivity index (χ1v) is 34.6. The van der Waals surface area contributed by atoms with Crippen LogP contribution in [0.4, 0.5) is 0 Å². The largest absolute Gasteiger partial charge is 0.451 e. The molecule has 9 aromatic rings. The van der Waals surface area contributed by atoms with Gasteiger partial charge in [0, 0.05) is 70.5 Å². The Morgan fingerprint density at radius 1 is 0.448 bits per heavy atom. The highest BCUT2D eigenvalue weighted by atomic mass is 32.1. The molecule has 0 aromatic carbocycles. The predicted molar refractivity (Wildman–Crippen MR) is 373 cm³/mol. The van der Waals surface area contributed by atoms with Gasteiger partial charge in [0.1, 0.15) is 29.1 Å². The minimum Gasteiger partial charge on any atom is -0.451 e. The topological polar surface area (TPSA) is 220 Å². The van der Waals surface area contributed by atoms with E-state index in [1.807, 2.05) is 167 Å². The minimum absolute atomic E-state index is 0.339. The normalized spacial score (nSPS) is 9.45. The van der Waals surface area contributed by atoms with Crippen LogP contribution in [-0.4, -0.2) is 59.6 Å².